The van der Waals surface area contributed by atoms with Gasteiger partial charge in [-0.1, -0.05) is 76.9 Å². The number of rotatable bonds is 9. The second-order valence-corrected chi connectivity index (χ2v) is 24.6. The van der Waals surface area contributed by atoms with Crippen molar-refractivity contribution < 1.29 is 52.4 Å². The molecule has 0 amide bonds. The summed E-state index contributed by atoms with van der Waals surface area (Å²) in [4.78, 5) is 60.8. The van der Waals surface area contributed by atoms with Crippen LogP contribution in [-0.4, -0.2) is 73.9 Å². The molecule has 475 valence electrons. The Morgan fingerprint density at radius 3 is 1.26 bits per heavy atom. The zero-order chi connectivity index (χ0) is 64.2. The number of ether oxygens (including phenoxy) is 4. The number of halogens is 1. The van der Waals surface area contributed by atoms with Crippen LogP contribution in [0.3, 0.4) is 0 Å². The number of nitrogens with zero attached hydrogens (tertiary/aromatic N) is 4. The van der Waals surface area contributed by atoms with E-state index in [1.807, 2.05) is 181 Å². The Morgan fingerprint density at radius 1 is 0.472 bits per heavy atom. The third-order valence-corrected chi connectivity index (χ3v) is 12.3. The number of hydrogen-bond donors (Lipinski definition) is 2. The van der Waals surface area contributed by atoms with E-state index in [1.54, 1.807) is 81.7 Å². The average Bonchev–Trinajstić information content (AvgIpc) is 2.47. The highest BCUT2D eigenvalue weighted by molar-refractivity contribution is 9.10. The number of aromatic nitrogens is 4. The standard InChI is InChI=1S/C18H22NO2.C17H20N2O2.C17H19NO2.C11H14BO4.C6H6BrN.3CH4/c1-13-8-7-11-19(5)16(13)14-9-6-10-15(12-14)17(20)21-18(2,3)4;1-11-8-9-14(18)19-15(11)12-6-5-7-13(10-12)16(20)21-17(2,3)4;1-12-7-6-10-18-15(12)13-8-5-9-14(11-13)16(19)20-17(2,3)4;1-11(2,3)15-10(13)8-5-4-6-9(7-8)16-12-14;1-5-3-2-4-8-6(5)7;;;/h6-12H,1-5H3;5-10H,1-4H3,(H2,18,19);5-11H,1-4H3;4-7,14H,1-3H3;2-4H,1H3;3*1H4/q+1;;;;;;;. The van der Waals surface area contributed by atoms with Crippen molar-refractivity contribution in [1.29, 1.82) is 0 Å². The average molecular weight is 1280 g/mol. The number of nitrogens with two attached hydrogens (primary N) is 1. The van der Waals surface area contributed by atoms with Gasteiger partial charge in [0.15, 0.2) is 6.20 Å². The topological polar surface area (TPSA) is 203 Å². The van der Waals surface area contributed by atoms with E-state index in [1.165, 1.54) is 17.2 Å². The van der Waals surface area contributed by atoms with Gasteiger partial charge in [-0.3, -0.25) is 4.98 Å². The number of hydrogen-bond acceptors (Lipinski definition) is 14. The van der Waals surface area contributed by atoms with Gasteiger partial charge in [-0.15, -0.1) is 0 Å². The van der Waals surface area contributed by atoms with Crippen molar-refractivity contribution in [2.24, 2.45) is 7.05 Å². The van der Waals surface area contributed by atoms with Gasteiger partial charge in [-0.25, -0.2) is 33.7 Å². The molecule has 0 bridgehead atoms. The van der Waals surface area contributed by atoms with Crippen molar-refractivity contribution in [3.8, 4) is 39.5 Å². The van der Waals surface area contributed by atoms with E-state index in [4.69, 9.17) is 34.4 Å². The van der Waals surface area contributed by atoms with Gasteiger partial charge >= 0.3 is 31.6 Å². The molecule has 0 aliphatic carbocycles. The number of esters is 4. The Labute approximate surface area is 538 Å². The molecule has 0 atom stereocenters. The van der Waals surface area contributed by atoms with Crippen molar-refractivity contribution in [3.05, 3.63) is 213 Å². The minimum Gasteiger partial charge on any atom is -0.537 e. The predicted octanol–water partition coefficient (Wildman–Crippen LogP) is 16.7. The van der Waals surface area contributed by atoms with E-state index in [0.717, 1.165) is 49.5 Å². The maximum Gasteiger partial charge on any atom is 0.569 e. The maximum absolute atomic E-state index is 12.2. The summed E-state index contributed by atoms with van der Waals surface area (Å²) in [5.74, 6) is -0.528. The van der Waals surface area contributed by atoms with Crippen LogP contribution in [0, 0.1) is 27.7 Å². The Balaban J connectivity index is 0.000000565. The van der Waals surface area contributed by atoms with Crippen molar-refractivity contribution >= 4 is 53.3 Å². The molecule has 0 spiro atoms. The normalized spacial score (nSPS) is 10.6. The fourth-order valence-corrected chi connectivity index (χ4v) is 8.01. The number of pyridine rings is 4. The smallest absolute Gasteiger partial charge is 0.537 e. The summed E-state index contributed by atoms with van der Waals surface area (Å²) in [5, 5.41) is 8.47. The zero-order valence-corrected chi connectivity index (χ0v) is 54.1. The van der Waals surface area contributed by atoms with Gasteiger partial charge in [0.25, 0.3) is 0 Å². The van der Waals surface area contributed by atoms with Crippen LogP contribution in [0.15, 0.2) is 169 Å². The summed E-state index contributed by atoms with van der Waals surface area (Å²) >= 11 is 3.28. The molecule has 3 N–H and O–H groups in total. The van der Waals surface area contributed by atoms with Crippen LogP contribution in [0.1, 0.15) is 169 Å². The van der Waals surface area contributed by atoms with Gasteiger partial charge in [-0.2, -0.15) is 0 Å². The third-order valence-electron chi connectivity index (χ3n) is 11.4. The second kappa shape index (κ2) is 35.5. The summed E-state index contributed by atoms with van der Waals surface area (Å²) in [7, 11) is 2.57. The highest BCUT2D eigenvalue weighted by atomic mass is 79.9. The van der Waals surface area contributed by atoms with E-state index in [2.05, 4.69) is 48.4 Å². The minimum absolute atomic E-state index is 0. The number of carbonyl (C=O) groups excluding carboxylic acids is 4. The van der Waals surface area contributed by atoms with Gasteiger partial charge in [0.1, 0.15) is 45.6 Å². The molecular formula is C72H93BBrN5O10+. The molecule has 15 nitrogen and oxygen atoms in total. The van der Waals surface area contributed by atoms with Crippen LogP contribution in [-0.2, 0) is 26.0 Å². The van der Waals surface area contributed by atoms with Crippen LogP contribution >= 0.6 is 15.9 Å². The molecule has 0 fully saturated rings. The van der Waals surface area contributed by atoms with Crippen LogP contribution < -0.4 is 15.0 Å². The SMILES string of the molecule is C.C.C.CC(C)(C)OC(=O)c1cccc(O[B]O)c1.Cc1ccc(N)nc1-c1cccc(C(=O)OC(C)(C)C)c1.Cc1ccc[n+](C)c1-c1cccc(C(=O)OC(C)(C)C)c1.Cc1cccnc1-c1cccc(C(=O)OC(C)(C)C)c1.Cc1cccnc1Br. The quantitative estimate of drug-likeness (QED) is 0.0454. The fraction of sp³-hybridized carbons (Fsp3) is 0.333. The number of aryl methyl sites for hydroxylation is 5. The lowest BCUT2D eigenvalue weighted by molar-refractivity contribution is -0.660. The lowest BCUT2D eigenvalue weighted by atomic mass is 10.0. The van der Waals surface area contributed by atoms with Crippen LogP contribution in [0.25, 0.3) is 33.8 Å². The van der Waals surface area contributed by atoms with Gasteiger partial charge in [0.05, 0.1) is 33.6 Å². The van der Waals surface area contributed by atoms with Crippen molar-refractivity contribution in [3.63, 3.8) is 0 Å². The minimum atomic E-state index is -0.531. The monoisotopic (exact) mass is 1280 g/mol. The summed E-state index contributed by atoms with van der Waals surface area (Å²) in [6, 6.07) is 44.2. The van der Waals surface area contributed by atoms with Crippen molar-refractivity contribution in [2.45, 2.75) is 155 Å². The first kappa shape index (κ1) is 78.5. The largest absolute Gasteiger partial charge is 0.569 e. The van der Waals surface area contributed by atoms with E-state index in [0.29, 0.717) is 41.5 Å². The molecule has 17 heteroatoms. The van der Waals surface area contributed by atoms with Crippen molar-refractivity contribution in [1.82, 2.24) is 15.0 Å². The molecule has 89 heavy (non-hydrogen) atoms. The van der Waals surface area contributed by atoms with Gasteiger partial charge in [0.2, 0.25) is 5.69 Å². The summed E-state index contributed by atoms with van der Waals surface area (Å²) in [6.07, 6.45) is 5.52. The van der Waals surface area contributed by atoms with E-state index >= 15 is 0 Å². The molecule has 1 radical (unpaired) electrons. The lowest BCUT2D eigenvalue weighted by Crippen LogP contribution is -2.31. The van der Waals surface area contributed by atoms with Gasteiger partial charge in [-0.05, 0) is 228 Å². The highest BCUT2D eigenvalue weighted by Gasteiger charge is 2.23. The van der Waals surface area contributed by atoms with Crippen LogP contribution in [0.4, 0.5) is 5.82 Å². The van der Waals surface area contributed by atoms with Gasteiger partial charge in [0, 0.05) is 40.7 Å². The molecule has 0 aliphatic rings. The summed E-state index contributed by atoms with van der Waals surface area (Å²) in [5.41, 5.74) is 15.7. The zero-order valence-electron chi connectivity index (χ0n) is 52.5. The Morgan fingerprint density at radius 2 is 0.854 bits per heavy atom. The van der Waals surface area contributed by atoms with E-state index < -0.39 is 28.4 Å². The number of benzene rings is 4. The number of carbonyl (C=O) groups is 4. The molecule has 4 aromatic carbocycles. The Hall–Kier alpha value is -8.54. The Kier molecular flexibility index (Phi) is 31.3. The van der Waals surface area contributed by atoms with E-state index in [-0.39, 0.29) is 40.2 Å². The molecule has 0 saturated carbocycles. The number of nitrogen functional groups attached to an aromatic ring is 1. The molecule has 8 rings (SSSR count). The molecule has 4 aromatic heterocycles. The molecule has 4 heterocycles. The third kappa shape index (κ3) is 27.6. The predicted molar refractivity (Wildman–Crippen MR) is 364 cm³/mol. The number of anilines is 1. The first-order valence-electron chi connectivity index (χ1n) is 27.8. The van der Waals surface area contributed by atoms with E-state index in [9.17, 15) is 19.2 Å². The molecule has 0 aliphatic heterocycles. The summed E-state index contributed by atoms with van der Waals surface area (Å²) < 4.78 is 29.1. The second-order valence-electron chi connectivity index (χ2n) is 23.8. The first-order valence-corrected chi connectivity index (χ1v) is 28.6. The Bertz CT molecular complexity index is 3540. The molecular weight excluding hydrogens is 1190 g/mol. The first-order chi connectivity index (χ1) is 40.1. The molecule has 0 unspecified atom stereocenters. The molecule has 0 saturated heterocycles. The molecule has 8 aromatic rings. The highest BCUT2D eigenvalue weighted by Crippen LogP contribution is 2.27. The van der Waals surface area contributed by atoms with Crippen LogP contribution in [0.2, 0.25) is 0 Å². The maximum atomic E-state index is 12.2. The van der Waals surface area contributed by atoms with Gasteiger partial charge < -0.3 is 34.4 Å². The van der Waals surface area contributed by atoms with Crippen molar-refractivity contribution in [2.75, 3.05) is 5.73 Å². The van der Waals surface area contributed by atoms with Crippen LogP contribution in [0.5, 0.6) is 5.75 Å². The fourth-order valence-electron chi connectivity index (χ4n) is 7.76. The lowest BCUT2D eigenvalue weighted by Gasteiger charge is -2.19. The summed E-state index contributed by atoms with van der Waals surface area (Å²) in [6.45, 7) is 30.2.